The SMILES string of the molecule is Cc1c(-c2cccc(Cl)c2)nc(N)c(C#N)c1-c1ccccc1Br. The maximum absolute atomic E-state index is 9.58. The van der Waals surface area contributed by atoms with E-state index in [0.717, 1.165) is 32.4 Å². The van der Waals surface area contributed by atoms with Crippen LogP contribution in [0.2, 0.25) is 5.02 Å². The van der Waals surface area contributed by atoms with Crippen molar-refractivity contribution in [3.05, 3.63) is 69.2 Å². The maximum Gasteiger partial charge on any atom is 0.142 e. The fourth-order valence-corrected chi connectivity index (χ4v) is 3.40. The first-order chi connectivity index (χ1) is 11.5. The number of pyridine rings is 1. The van der Waals surface area contributed by atoms with E-state index in [-0.39, 0.29) is 5.82 Å². The van der Waals surface area contributed by atoms with E-state index in [1.165, 1.54) is 0 Å². The molecule has 1 heterocycles. The van der Waals surface area contributed by atoms with Crippen molar-refractivity contribution in [3.63, 3.8) is 0 Å². The smallest absolute Gasteiger partial charge is 0.142 e. The fourth-order valence-electron chi connectivity index (χ4n) is 2.72. The Morgan fingerprint density at radius 2 is 1.92 bits per heavy atom. The number of hydrogen-bond acceptors (Lipinski definition) is 3. The summed E-state index contributed by atoms with van der Waals surface area (Å²) < 4.78 is 0.896. The van der Waals surface area contributed by atoms with Gasteiger partial charge in [-0.15, -0.1) is 0 Å². The number of nitrogens with two attached hydrogens (primary N) is 1. The van der Waals surface area contributed by atoms with Gasteiger partial charge < -0.3 is 5.73 Å². The predicted octanol–water partition coefficient (Wildman–Crippen LogP) is 5.59. The normalized spacial score (nSPS) is 10.4. The lowest BCUT2D eigenvalue weighted by Crippen LogP contribution is -2.03. The first-order valence-electron chi connectivity index (χ1n) is 7.24. The Morgan fingerprint density at radius 1 is 1.17 bits per heavy atom. The number of anilines is 1. The van der Waals surface area contributed by atoms with Gasteiger partial charge in [-0.25, -0.2) is 4.98 Å². The molecule has 5 heteroatoms. The van der Waals surface area contributed by atoms with Crippen LogP contribution < -0.4 is 5.73 Å². The third-order valence-electron chi connectivity index (χ3n) is 3.82. The number of halogens is 2. The summed E-state index contributed by atoms with van der Waals surface area (Å²) in [5.74, 6) is 0.212. The molecular formula is C19H13BrClN3. The Hall–Kier alpha value is -2.35. The summed E-state index contributed by atoms with van der Waals surface area (Å²) in [5.41, 5.74) is 10.6. The van der Waals surface area contributed by atoms with E-state index in [4.69, 9.17) is 17.3 Å². The lowest BCUT2D eigenvalue weighted by Gasteiger charge is -2.16. The van der Waals surface area contributed by atoms with Gasteiger partial charge in [0.25, 0.3) is 0 Å². The zero-order valence-electron chi connectivity index (χ0n) is 12.8. The molecule has 24 heavy (non-hydrogen) atoms. The van der Waals surface area contributed by atoms with Gasteiger partial charge in [-0.05, 0) is 36.2 Å². The molecule has 0 radical (unpaired) electrons. The van der Waals surface area contributed by atoms with Gasteiger partial charge in [0, 0.05) is 20.6 Å². The molecule has 3 rings (SSSR count). The second kappa shape index (κ2) is 6.64. The molecule has 3 aromatic rings. The zero-order chi connectivity index (χ0) is 17.3. The Morgan fingerprint density at radius 3 is 2.58 bits per heavy atom. The molecule has 0 aliphatic heterocycles. The topological polar surface area (TPSA) is 62.7 Å². The molecule has 0 fully saturated rings. The van der Waals surface area contributed by atoms with Crippen LogP contribution in [0.15, 0.2) is 53.0 Å². The number of aromatic nitrogens is 1. The third kappa shape index (κ3) is 2.89. The molecule has 0 bridgehead atoms. The molecule has 0 unspecified atom stereocenters. The molecular weight excluding hydrogens is 386 g/mol. The molecule has 0 atom stereocenters. The molecule has 118 valence electrons. The molecule has 1 aromatic heterocycles. The van der Waals surface area contributed by atoms with Crippen LogP contribution in [0.25, 0.3) is 22.4 Å². The number of nitrogen functional groups attached to an aromatic ring is 1. The van der Waals surface area contributed by atoms with Gasteiger partial charge in [-0.2, -0.15) is 5.26 Å². The summed E-state index contributed by atoms with van der Waals surface area (Å²) in [5, 5.41) is 10.2. The summed E-state index contributed by atoms with van der Waals surface area (Å²) in [6.45, 7) is 1.94. The van der Waals surface area contributed by atoms with E-state index < -0.39 is 0 Å². The van der Waals surface area contributed by atoms with Gasteiger partial charge >= 0.3 is 0 Å². The average molecular weight is 399 g/mol. The summed E-state index contributed by atoms with van der Waals surface area (Å²) in [6, 6.07) is 17.4. The number of nitrogens with zero attached hydrogens (tertiary/aromatic N) is 2. The van der Waals surface area contributed by atoms with Crippen LogP contribution in [-0.2, 0) is 0 Å². The third-order valence-corrected chi connectivity index (χ3v) is 4.75. The van der Waals surface area contributed by atoms with E-state index in [9.17, 15) is 5.26 Å². The van der Waals surface area contributed by atoms with E-state index in [1.54, 1.807) is 0 Å². The van der Waals surface area contributed by atoms with Crippen molar-refractivity contribution in [3.8, 4) is 28.5 Å². The van der Waals surface area contributed by atoms with Crippen LogP contribution in [0, 0.1) is 18.3 Å². The largest absolute Gasteiger partial charge is 0.383 e. The predicted molar refractivity (Wildman–Crippen MR) is 102 cm³/mol. The van der Waals surface area contributed by atoms with Crippen LogP contribution in [0.1, 0.15) is 11.1 Å². The highest BCUT2D eigenvalue weighted by molar-refractivity contribution is 9.10. The molecule has 2 N–H and O–H groups in total. The van der Waals surface area contributed by atoms with Crippen molar-refractivity contribution in [2.75, 3.05) is 5.73 Å². The zero-order valence-corrected chi connectivity index (χ0v) is 15.2. The molecule has 0 saturated heterocycles. The lowest BCUT2D eigenvalue weighted by atomic mass is 9.93. The van der Waals surface area contributed by atoms with Crippen LogP contribution >= 0.6 is 27.5 Å². The molecule has 0 amide bonds. The number of nitriles is 1. The van der Waals surface area contributed by atoms with Gasteiger partial charge in [0.1, 0.15) is 17.5 Å². The number of rotatable bonds is 2. The van der Waals surface area contributed by atoms with Crippen molar-refractivity contribution in [2.45, 2.75) is 6.92 Å². The van der Waals surface area contributed by atoms with Gasteiger partial charge in [-0.1, -0.05) is 57.9 Å². The highest BCUT2D eigenvalue weighted by atomic mass is 79.9. The highest BCUT2D eigenvalue weighted by Crippen LogP contribution is 2.39. The van der Waals surface area contributed by atoms with Crippen molar-refractivity contribution in [1.29, 1.82) is 5.26 Å². The minimum atomic E-state index is 0.212. The summed E-state index contributed by atoms with van der Waals surface area (Å²) in [4.78, 5) is 4.45. The van der Waals surface area contributed by atoms with Gasteiger partial charge in [0.05, 0.1) is 5.69 Å². The van der Waals surface area contributed by atoms with Gasteiger partial charge in [0.2, 0.25) is 0 Å². The number of hydrogen-bond donors (Lipinski definition) is 1. The minimum absolute atomic E-state index is 0.212. The van der Waals surface area contributed by atoms with Crippen LogP contribution in [0.3, 0.4) is 0 Å². The van der Waals surface area contributed by atoms with Crippen molar-refractivity contribution < 1.29 is 0 Å². The van der Waals surface area contributed by atoms with E-state index in [1.807, 2.05) is 55.5 Å². The molecule has 0 saturated carbocycles. The second-order valence-corrected chi connectivity index (χ2v) is 6.61. The Balaban J connectivity index is 2.37. The lowest BCUT2D eigenvalue weighted by molar-refractivity contribution is 1.26. The van der Waals surface area contributed by atoms with Crippen molar-refractivity contribution in [1.82, 2.24) is 4.98 Å². The van der Waals surface area contributed by atoms with E-state index >= 15 is 0 Å². The van der Waals surface area contributed by atoms with E-state index in [2.05, 4.69) is 27.0 Å². The standard InChI is InChI=1S/C19H13BrClN3/c1-11-17(14-7-2-3-8-16(14)20)15(10-22)19(23)24-18(11)12-5-4-6-13(21)9-12/h2-9H,1H3,(H2,23,24). The summed E-state index contributed by atoms with van der Waals surface area (Å²) >= 11 is 9.66. The maximum atomic E-state index is 9.58. The Labute approximate surface area is 153 Å². The highest BCUT2D eigenvalue weighted by Gasteiger charge is 2.19. The summed E-state index contributed by atoms with van der Waals surface area (Å²) in [7, 11) is 0. The van der Waals surface area contributed by atoms with Crippen molar-refractivity contribution in [2.24, 2.45) is 0 Å². The first kappa shape index (κ1) is 16.5. The van der Waals surface area contributed by atoms with Crippen LogP contribution in [-0.4, -0.2) is 4.98 Å². The molecule has 3 nitrogen and oxygen atoms in total. The first-order valence-corrected chi connectivity index (χ1v) is 8.41. The van der Waals surface area contributed by atoms with Gasteiger partial charge in [-0.3, -0.25) is 0 Å². The Bertz CT molecular complexity index is 977. The number of benzene rings is 2. The molecule has 0 aliphatic rings. The quantitative estimate of drug-likeness (QED) is 0.611. The fraction of sp³-hybridized carbons (Fsp3) is 0.0526. The van der Waals surface area contributed by atoms with Crippen LogP contribution in [0.5, 0.6) is 0 Å². The van der Waals surface area contributed by atoms with Crippen molar-refractivity contribution >= 4 is 33.3 Å². The summed E-state index contributed by atoms with van der Waals surface area (Å²) in [6.07, 6.45) is 0. The minimum Gasteiger partial charge on any atom is -0.383 e. The average Bonchev–Trinajstić information content (AvgIpc) is 2.57. The van der Waals surface area contributed by atoms with Crippen LogP contribution in [0.4, 0.5) is 5.82 Å². The molecule has 0 spiro atoms. The van der Waals surface area contributed by atoms with E-state index in [0.29, 0.717) is 10.6 Å². The van der Waals surface area contributed by atoms with Gasteiger partial charge in [0.15, 0.2) is 0 Å². The monoisotopic (exact) mass is 397 g/mol. The second-order valence-electron chi connectivity index (χ2n) is 5.32. The molecule has 2 aromatic carbocycles. The Kier molecular flexibility index (Phi) is 4.57. The molecule has 0 aliphatic carbocycles.